The van der Waals surface area contributed by atoms with Crippen molar-refractivity contribution < 1.29 is 14.3 Å². The Kier molecular flexibility index (Phi) is 7.18. The summed E-state index contributed by atoms with van der Waals surface area (Å²) in [5, 5.41) is 22.4. The number of nitrogens with zero attached hydrogens (tertiary/aromatic N) is 7. The number of benzene rings is 2. The summed E-state index contributed by atoms with van der Waals surface area (Å²) >= 11 is 1.39. The van der Waals surface area contributed by atoms with E-state index in [-0.39, 0.29) is 40.6 Å². The second-order valence-corrected chi connectivity index (χ2v) is 8.97. The Labute approximate surface area is 226 Å². The molecule has 5 aromatic rings. The number of fused-ring (bicyclic) bond motifs is 1. The normalized spacial score (nSPS) is 11.1. The highest BCUT2D eigenvalue weighted by Crippen LogP contribution is 2.37. The smallest absolute Gasteiger partial charge is 0.343 e. The highest BCUT2D eigenvalue weighted by Gasteiger charge is 2.22. The maximum atomic E-state index is 12.6. The average molecular weight is 543 g/mol. The van der Waals surface area contributed by atoms with E-state index < -0.39 is 5.97 Å². The Morgan fingerprint density at radius 3 is 2.44 bits per heavy atom. The average Bonchev–Trinajstić information content (AvgIpc) is 3.56. The van der Waals surface area contributed by atoms with E-state index in [2.05, 4.69) is 46.2 Å². The van der Waals surface area contributed by atoms with Gasteiger partial charge in [0.25, 0.3) is 0 Å². The summed E-state index contributed by atoms with van der Waals surface area (Å²) in [6, 6.07) is 16.9. The molecule has 0 saturated heterocycles. The number of nitrogens with one attached hydrogen (secondary N) is 3. The Bertz CT molecular complexity index is 1660. The molecule has 3 N–H and O–H groups in total. The highest BCUT2D eigenvalue weighted by molar-refractivity contribution is 7.20. The zero-order valence-corrected chi connectivity index (χ0v) is 21.9. The van der Waals surface area contributed by atoms with Gasteiger partial charge in [0.2, 0.25) is 17.0 Å². The standard InChI is InChI=1S/C25H22N10O3S/c1-14(36)28-24-31-20(26-2)19(21(32-24)29-15-9-5-4-6-10-15)33-34-22-16(23(37)38-3)13-27-35(22)25-30-17-11-7-8-12-18(17)39-25/h4-13H,1-3H3,(H3,26,28,29,31,32,36). The molecular formula is C25H22N10O3S. The van der Waals surface area contributed by atoms with Gasteiger partial charge in [-0.05, 0) is 24.3 Å². The monoisotopic (exact) mass is 542 g/mol. The molecule has 0 atom stereocenters. The lowest BCUT2D eigenvalue weighted by molar-refractivity contribution is -0.114. The number of para-hydroxylation sites is 2. The van der Waals surface area contributed by atoms with Crippen LogP contribution in [0.4, 0.5) is 34.8 Å². The number of carbonyl (C=O) groups is 2. The number of ether oxygens (including phenoxy) is 1. The highest BCUT2D eigenvalue weighted by atomic mass is 32.1. The van der Waals surface area contributed by atoms with E-state index in [4.69, 9.17) is 4.74 Å². The van der Waals surface area contributed by atoms with Gasteiger partial charge in [-0.3, -0.25) is 10.1 Å². The number of thiazole rings is 1. The first-order valence-electron chi connectivity index (χ1n) is 11.6. The molecule has 0 fully saturated rings. The number of rotatable bonds is 8. The number of hydrogen-bond donors (Lipinski definition) is 3. The van der Waals surface area contributed by atoms with Crippen LogP contribution in [0.5, 0.6) is 0 Å². The molecule has 3 aromatic heterocycles. The van der Waals surface area contributed by atoms with Crippen LogP contribution in [0.15, 0.2) is 71.0 Å². The van der Waals surface area contributed by atoms with Crippen molar-refractivity contribution in [1.29, 1.82) is 0 Å². The van der Waals surface area contributed by atoms with Gasteiger partial charge in [0.15, 0.2) is 23.1 Å². The summed E-state index contributed by atoms with van der Waals surface area (Å²) in [5.74, 6) is -0.247. The lowest BCUT2D eigenvalue weighted by Gasteiger charge is -2.13. The fourth-order valence-electron chi connectivity index (χ4n) is 3.56. The van der Waals surface area contributed by atoms with Gasteiger partial charge in [-0.25, -0.2) is 9.78 Å². The molecule has 5 rings (SSSR count). The van der Waals surface area contributed by atoms with Crippen molar-refractivity contribution in [2.45, 2.75) is 6.92 Å². The summed E-state index contributed by atoms with van der Waals surface area (Å²) < 4.78 is 7.31. The van der Waals surface area contributed by atoms with E-state index in [0.717, 1.165) is 15.9 Å². The zero-order chi connectivity index (χ0) is 27.4. The van der Waals surface area contributed by atoms with Gasteiger partial charge in [-0.2, -0.15) is 19.7 Å². The molecule has 0 spiro atoms. The Balaban J connectivity index is 1.64. The van der Waals surface area contributed by atoms with Crippen molar-refractivity contribution in [3.63, 3.8) is 0 Å². The predicted molar refractivity (Wildman–Crippen MR) is 148 cm³/mol. The van der Waals surface area contributed by atoms with Crippen LogP contribution in [0.3, 0.4) is 0 Å². The molecule has 14 heteroatoms. The van der Waals surface area contributed by atoms with E-state index in [9.17, 15) is 9.59 Å². The van der Waals surface area contributed by atoms with Crippen molar-refractivity contribution >= 4 is 68.2 Å². The van der Waals surface area contributed by atoms with Gasteiger partial charge in [0.1, 0.15) is 5.56 Å². The third-order valence-corrected chi connectivity index (χ3v) is 6.31. The number of anilines is 4. The van der Waals surface area contributed by atoms with Crippen LogP contribution in [-0.4, -0.2) is 50.8 Å². The quantitative estimate of drug-likeness (QED) is 0.176. The van der Waals surface area contributed by atoms with E-state index in [1.165, 1.54) is 36.2 Å². The first-order chi connectivity index (χ1) is 19.0. The van der Waals surface area contributed by atoms with Gasteiger partial charge in [-0.15, -0.1) is 10.2 Å². The fourth-order valence-corrected chi connectivity index (χ4v) is 4.49. The number of amides is 1. The topological polar surface area (TPSA) is 161 Å². The van der Waals surface area contributed by atoms with Crippen molar-refractivity contribution in [2.24, 2.45) is 10.2 Å². The van der Waals surface area contributed by atoms with Gasteiger partial charge >= 0.3 is 5.97 Å². The largest absolute Gasteiger partial charge is 0.465 e. The molecule has 0 saturated carbocycles. The van der Waals surface area contributed by atoms with Crippen LogP contribution in [0.25, 0.3) is 15.3 Å². The minimum Gasteiger partial charge on any atom is -0.465 e. The van der Waals surface area contributed by atoms with Crippen LogP contribution in [0.2, 0.25) is 0 Å². The maximum absolute atomic E-state index is 12.6. The molecule has 2 aromatic carbocycles. The summed E-state index contributed by atoms with van der Waals surface area (Å²) in [4.78, 5) is 37.6. The lowest BCUT2D eigenvalue weighted by atomic mass is 10.3. The lowest BCUT2D eigenvalue weighted by Crippen LogP contribution is -2.11. The molecular weight excluding hydrogens is 520 g/mol. The third kappa shape index (κ3) is 5.40. The van der Waals surface area contributed by atoms with E-state index in [1.54, 1.807) is 7.05 Å². The number of esters is 1. The molecule has 0 aliphatic rings. The summed E-state index contributed by atoms with van der Waals surface area (Å²) in [6.07, 6.45) is 1.35. The Hall–Kier alpha value is -5.24. The fraction of sp³-hybridized carbons (Fsp3) is 0.120. The van der Waals surface area contributed by atoms with E-state index in [0.29, 0.717) is 5.13 Å². The zero-order valence-electron chi connectivity index (χ0n) is 21.0. The first kappa shape index (κ1) is 25.4. The van der Waals surface area contributed by atoms with Crippen LogP contribution < -0.4 is 16.0 Å². The second kappa shape index (κ2) is 11.0. The van der Waals surface area contributed by atoms with E-state index >= 15 is 0 Å². The van der Waals surface area contributed by atoms with Crippen molar-refractivity contribution in [2.75, 3.05) is 30.1 Å². The molecule has 0 aliphatic heterocycles. The SMILES string of the molecule is CNc1nc(NC(C)=O)nc(Nc2ccccc2)c1N=Nc1c(C(=O)OC)cnn1-c1nc2ccccc2s1. The molecule has 0 bridgehead atoms. The number of hydrogen-bond acceptors (Lipinski definition) is 12. The predicted octanol–water partition coefficient (Wildman–Crippen LogP) is 5.22. The number of aromatic nitrogens is 5. The molecule has 0 radical (unpaired) electrons. The molecule has 1 amide bonds. The molecule has 13 nitrogen and oxygen atoms in total. The maximum Gasteiger partial charge on any atom is 0.343 e. The van der Waals surface area contributed by atoms with Gasteiger partial charge < -0.3 is 15.4 Å². The van der Waals surface area contributed by atoms with Crippen molar-refractivity contribution in [1.82, 2.24) is 24.7 Å². The van der Waals surface area contributed by atoms with Crippen LogP contribution in [-0.2, 0) is 9.53 Å². The Morgan fingerprint density at radius 1 is 0.974 bits per heavy atom. The first-order valence-corrected chi connectivity index (χ1v) is 12.4. The molecule has 0 unspecified atom stereocenters. The summed E-state index contributed by atoms with van der Waals surface area (Å²) in [5.41, 5.74) is 1.82. The van der Waals surface area contributed by atoms with Crippen LogP contribution in [0, 0.1) is 0 Å². The van der Waals surface area contributed by atoms with Crippen LogP contribution in [0.1, 0.15) is 17.3 Å². The third-order valence-electron chi connectivity index (χ3n) is 5.30. The second-order valence-electron chi connectivity index (χ2n) is 7.96. The molecule has 39 heavy (non-hydrogen) atoms. The molecule has 3 heterocycles. The van der Waals surface area contributed by atoms with Gasteiger partial charge in [0.05, 0.1) is 23.5 Å². The van der Waals surface area contributed by atoms with Crippen LogP contribution >= 0.6 is 11.3 Å². The number of methoxy groups -OCH3 is 1. The summed E-state index contributed by atoms with van der Waals surface area (Å²) in [7, 11) is 2.92. The minimum atomic E-state index is -0.634. The minimum absolute atomic E-state index is 0.0685. The van der Waals surface area contributed by atoms with Gasteiger partial charge in [-0.1, -0.05) is 41.7 Å². The molecule has 0 aliphatic carbocycles. The van der Waals surface area contributed by atoms with Gasteiger partial charge in [0, 0.05) is 19.7 Å². The Morgan fingerprint density at radius 2 is 1.72 bits per heavy atom. The summed E-state index contributed by atoms with van der Waals surface area (Å²) in [6.45, 7) is 1.36. The van der Waals surface area contributed by atoms with Crippen molar-refractivity contribution in [3.8, 4) is 5.13 Å². The number of azo groups is 1. The molecule has 196 valence electrons. The van der Waals surface area contributed by atoms with E-state index in [1.807, 2.05) is 54.6 Å². The van der Waals surface area contributed by atoms with Crippen molar-refractivity contribution in [3.05, 3.63) is 66.4 Å². The number of carbonyl (C=O) groups excluding carboxylic acids is 2.